The molecule has 0 aromatic carbocycles. The van der Waals surface area contributed by atoms with Gasteiger partial charge in [0.2, 0.25) is 11.5 Å². The highest BCUT2D eigenvalue weighted by molar-refractivity contribution is 5.85. The van der Waals surface area contributed by atoms with Crippen LogP contribution in [-0.2, 0) is 20.7 Å². The molecule has 5 aliphatic rings. The van der Waals surface area contributed by atoms with E-state index in [1.165, 1.54) is 17.8 Å². The summed E-state index contributed by atoms with van der Waals surface area (Å²) >= 11 is 0. The number of aromatic nitrogens is 3. The lowest BCUT2D eigenvalue weighted by atomic mass is 9.45. The van der Waals surface area contributed by atoms with Crippen molar-refractivity contribution in [1.29, 1.82) is 0 Å². The van der Waals surface area contributed by atoms with Gasteiger partial charge in [0.25, 0.3) is 0 Å². The Balaban J connectivity index is 1.23. The van der Waals surface area contributed by atoms with Gasteiger partial charge < -0.3 is 14.9 Å². The summed E-state index contributed by atoms with van der Waals surface area (Å²) in [7, 11) is 0. The number of carbonyl (C=O) groups is 2. The molecule has 2 aromatic rings. The van der Waals surface area contributed by atoms with Gasteiger partial charge in [-0.25, -0.2) is 14.5 Å². The summed E-state index contributed by atoms with van der Waals surface area (Å²) in [5.74, 6) is -2.08. The topological polar surface area (TPSA) is 115 Å². The number of rotatable bonds is 4. The summed E-state index contributed by atoms with van der Waals surface area (Å²) < 4.78 is 21.1. The van der Waals surface area contributed by atoms with Crippen molar-refractivity contribution in [2.24, 2.45) is 34.5 Å². The van der Waals surface area contributed by atoms with Crippen LogP contribution in [0.5, 0.6) is 0 Å². The highest BCUT2D eigenvalue weighted by Crippen LogP contribution is 2.68. The Bertz CT molecular complexity index is 1400. The minimum absolute atomic E-state index is 0.0386. The Morgan fingerprint density at radius 3 is 2.64 bits per heavy atom. The van der Waals surface area contributed by atoms with Gasteiger partial charge in [0.1, 0.15) is 0 Å². The Hall–Kier alpha value is -3.07. The number of hydrogen-bond acceptors (Lipinski definition) is 6. The van der Waals surface area contributed by atoms with E-state index in [0.717, 1.165) is 36.9 Å². The van der Waals surface area contributed by atoms with Crippen molar-refractivity contribution in [3.05, 3.63) is 47.3 Å². The van der Waals surface area contributed by atoms with E-state index < -0.39 is 35.0 Å². The first kappa shape index (κ1) is 24.9. The minimum atomic E-state index is -1.59. The maximum absolute atomic E-state index is 13.4. The molecular formula is C30H34FN3O5. The smallest absolute Gasteiger partial charge is 0.348 e. The Morgan fingerprint density at radius 2 is 1.95 bits per heavy atom. The van der Waals surface area contributed by atoms with Gasteiger partial charge in [-0.2, -0.15) is 9.49 Å². The van der Waals surface area contributed by atoms with Crippen LogP contribution in [0.4, 0.5) is 4.39 Å². The van der Waals surface area contributed by atoms with Gasteiger partial charge in [-0.05, 0) is 98.3 Å². The highest BCUT2D eigenvalue weighted by atomic mass is 19.1. The molecule has 39 heavy (non-hydrogen) atoms. The summed E-state index contributed by atoms with van der Waals surface area (Å²) in [6.07, 6.45) is 9.94. The van der Waals surface area contributed by atoms with Crippen LogP contribution in [0.3, 0.4) is 0 Å². The van der Waals surface area contributed by atoms with Gasteiger partial charge >= 0.3 is 11.9 Å². The van der Waals surface area contributed by atoms with Gasteiger partial charge in [-0.15, -0.1) is 0 Å². The number of allylic oxidation sites excluding steroid dienone is 1. The van der Waals surface area contributed by atoms with Gasteiger partial charge in [0.15, 0.2) is 0 Å². The van der Waals surface area contributed by atoms with Crippen LogP contribution in [0.25, 0.3) is 11.8 Å². The molecule has 7 rings (SSSR count). The molecular weight excluding hydrogens is 501 g/mol. The van der Waals surface area contributed by atoms with E-state index in [9.17, 15) is 24.2 Å². The lowest BCUT2D eigenvalue weighted by Crippen LogP contribution is -2.63. The maximum Gasteiger partial charge on any atom is 0.348 e. The average Bonchev–Trinajstić information content (AvgIpc) is 3.60. The molecule has 4 saturated carbocycles. The van der Waals surface area contributed by atoms with Gasteiger partial charge in [-0.1, -0.05) is 19.4 Å². The number of ether oxygens (including phenoxy) is 1. The fraction of sp³-hybridized carbons (Fsp3) is 0.600. The quantitative estimate of drug-likeness (QED) is 0.442. The van der Waals surface area contributed by atoms with Crippen LogP contribution in [-0.4, -0.2) is 48.6 Å². The van der Waals surface area contributed by atoms with Crippen LogP contribution < -0.4 is 0 Å². The summed E-state index contributed by atoms with van der Waals surface area (Å²) in [4.78, 5) is 29.3. The fourth-order valence-electron chi connectivity index (χ4n) is 9.01. The number of aliphatic hydroxyl groups is 1. The van der Waals surface area contributed by atoms with E-state index in [2.05, 4.69) is 23.1 Å². The molecule has 2 aromatic heterocycles. The zero-order valence-electron chi connectivity index (χ0n) is 22.3. The van der Waals surface area contributed by atoms with Crippen LogP contribution in [0, 0.1) is 40.4 Å². The SMILES string of the molecule is CC12Cc3cnn(-c4ccc(F)nc4)c3C=C1CCC1C2C(O)CC2(C)C1CCC2(OC(=O)C1CC1)C(=O)O. The lowest BCUT2D eigenvalue weighted by molar-refractivity contribution is -0.211. The number of carboxylic acid groups (broad SMARTS) is 1. The van der Waals surface area contributed by atoms with Crippen molar-refractivity contribution in [3.63, 3.8) is 0 Å². The second kappa shape index (κ2) is 8.22. The molecule has 7 atom stereocenters. The number of esters is 1. The molecule has 0 spiro atoms. The predicted octanol–water partition coefficient (Wildman–Crippen LogP) is 4.34. The molecule has 0 radical (unpaired) electrons. The Kier molecular flexibility index (Phi) is 5.26. The lowest BCUT2D eigenvalue weighted by Gasteiger charge is -2.60. The number of aliphatic hydroxyl groups excluding tert-OH is 1. The zero-order valence-corrected chi connectivity index (χ0v) is 22.3. The number of halogens is 1. The third-order valence-electron chi connectivity index (χ3n) is 11.0. The summed E-state index contributed by atoms with van der Waals surface area (Å²) in [6, 6.07) is 2.99. The molecule has 0 aliphatic heterocycles. The van der Waals surface area contributed by atoms with Crippen molar-refractivity contribution in [2.45, 2.75) is 76.9 Å². The molecule has 206 valence electrons. The van der Waals surface area contributed by atoms with Crippen LogP contribution in [0.2, 0.25) is 0 Å². The average molecular weight is 536 g/mol. The van der Waals surface area contributed by atoms with E-state index in [1.54, 1.807) is 10.7 Å². The van der Waals surface area contributed by atoms with Gasteiger partial charge in [0.05, 0.1) is 35.8 Å². The normalized spacial score (nSPS) is 38.6. The second-order valence-electron chi connectivity index (χ2n) is 13.0. The van der Waals surface area contributed by atoms with Crippen molar-refractivity contribution >= 4 is 18.0 Å². The van der Waals surface area contributed by atoms with Gasteiger partial charge in [-0.3, -0.25) is 4.79 Å². The first-order chi connectivity index (χ1) is 18.6. The summed E-state index contributed by atoms with van der Waals surface area (Å²) in [5, 5.41) is 26.9. The second-order valence-corrected chi connectivity index (χ2v) is 13.0. The molecule has 0 saturated heterocycles. The minimum Gasteiger partial charge on any atom is -0.478 e. The Labute approximate surface area is 226 Å². The van der Waals surface area contributed by atoms with Crippen molar-refractivity contribution in [2.75, 3.05) is 0 Å². The van der Waals surface area contributed by atoms with Crippen LogP contribution >= 0.6 is 0 Å². The first-order valence-corrected chi connectivity index (χ1v) is 14.1. The van der Waals surface area contributed by atoms with Crippen molar-refractivity contribution in [3.8, 4) is 5.69 Å². The molecule has 0 amide bonds. The molecule has 2 N–H and O–H groups in total. The van der Waals surface area contributed by atoms with E-state index in [0.29, 0.717) is 31.4 Å². The van der Waals surface area contributed by atoms with Crippen molar-refractivity contribution < 1.29 is 28.9 Å². The fourth-order valence-corrected chi connectivity index (χ4v) is 9.01. The Morgan fingerprint density at radius 1 is 1.15 bits per heavy atom. The largest absolute Gasteiger partial charge is 0.478 e. The molecule has 4 fully saturated rings. The number of aliphatic carboxylic acids is 1. The van der Waals surface area contributed by atoms with Crippen LogP contribution in [0.15, 0.2) is 30.1 Å². The molecule has 0 bridgehead atoms. The zero-order chi connectivity index (χ0) is 27.3. The number of carbonyl (C=O) groups excluding carboxylic acids is 1. The molecule has 9 heteroatoms. The summed E-state index contributed by atoms with van der Waals surface area (Å²) in [5.41, 5.74) is 1.26. The van der Waals surface area contributed by atoms with Crippen LogP contribution in [0.1, 0.15) is 70.1 Å². The third kappa shape index (κ3) is 3.38. The number of hydrogen-bond donors (Lipinski definition) is 2. The number of nitrogens with zero attached hydrogens (tertiary/aromatic N) is 3. The van der Waals surface area contributed by atoms with E-state index in [-0.39, 0.29) is 29.1 Å². The maximum atomic E-state index is 13.4. The van der Waals surface area contributed by atoms with E-state index in [4.69, 9.17) is 4.74 Å². The highest BCUT2D eigenvalue weighted by Gasteiger charge is 2.71. The number of carboxylic acids is 1. The summed E-state index contributed by atoms with van der Waals surface area (Å²) in [6.45, 7) is 4.17. The van der Waals surface area contributed by atoms with E-state index >= 15 is 0 Å². The monoisotopic (exact) mass is 535 g/mol. The van der Waals surface area contributed by atoms with E-state index in [1.807, 2.05) is 13.1 Å². The standard InChI is InChI=1S/C30H34FN3O5/c1-28-12-17-14-33-34(19-6-8-24(31)32-15-19)22(17)11-18(28)5-7-20-21-9-10-30(27(37)38,39-26(36)16-3-4-16)29(21,2)13-23(35)25(20)28/h6,8,11,14-16,20-21,23,25,35H,3-5,7,9-10,12-13H2,1-2H3,(H,37,38). The van der Waals surface area contributed by atoms with Crippen molar-refractivity contribution in [1.82, 2.24) is 14.8 Å². The first-order valence-electron chi connectivity index (χ1n) is 14.1. The molecule has 8 nitrogen and oxygen atoms in total. The number of pyridine rings is 1. The third-order valence-corrected chi connectivity index (χ3v) is 11.0. The molecule has 7 unspecified atom stereocenters. The molecule has 2 heterocycles. The van der Waals surface area contributed by atoms with Gasteiger partial charge in [0, 0.05) is 5.41 Å². The molecule has 5 aliphatic carbocycles. The predicted molar refractivity (Wildman–Crippen MR) is 138 cm³/mol. The number of fused-ring (bicyclic) bond motifs is 6.